The Kier molecular flexibility index (Phi) is 5.42. The van der Waals surface area contributed by atoms with Crippen molar-refractivity contribution in [1.82, 2.24) is 24.3 Å². The monoisotopic (exact) mass is 456 g/mol. The van der Waals surface area contributed by atoms with Gasteiger partial charge in [-0.2, -0.15) is 9.40 Å². The number of nitrogens with zero attached hydrogens (tertiary/aromatic N) is 5. The van der Waals surface area contributed by atoms with Gasteiger partial charge >= 0.3 is 6.01 Å². The van der Waals surface area contributed by atoms with Crippen LogP contribution in [0.25, 0.3) is 11.6 Å². The highest BCUT2D eigenvalue weighted by atomic mass is 35.5. The molecule has 154 valence electrons. The molecule has 0 spiro atoms. The average Bonchev–Trinajstić information content (AvgIpc) is 3.43. The number of carbonyl (C=O) groups excluding carboxylic acids is 1. The van der Waals surface area contributed by atoms with Crippen molar-refractivity contribution >= 4 is 44.9 Å². The van der Waals surface area contributed by atoms with Crippen LogP contribution in [-0.4, -0.2) is 51.7 Å². The zero-order chi connectivity index (χ0) is 20.6. The summed E-state index contributed by atoms with van der Waals surface area (Å²) in [5.74, 6) is -0.668. The summed E-state index contributed by atoms with van der Waals surface area (Å²) in [6, 6.07) is 4.68. The number of carbonyl (C=O) groups is 1. The van der Waals surface area contributed by atoms with Gasteiger partial charge in [-0.1, -0.05) is 16.7 Å². The Hall–Kier alpha value is -2.28. The van der Waals surface area contributed by atoms with Crippen molar-refractivity contribution in [3.63, 3.8) is 0 Å². The lowest BCUT2D eigenvalue weighted by Gasteiger charge is -2.30. The molecule has 0 saturated carbocycles. The van der Waals surface area contributed by atoms with Crippen molar-refractivity contribution in [2.45, 2.75) is 17.1 Å². The van der Waals surface area contributed by atoms with E-state index in [2.05, 4.69) is 20.6 Å². The van der Waals surface area contributed by atoms with Crippen molar-refractivity contribution in [3.8, 4) is 11.6 Å². The largest absolute Gasteiger partial charge is 0.401 e. The van der Waals surface area contributed by atoms with Gasteiger partial charge < -0.3 is 4.42 Å². The fourth-order valence-corrected chi connectivity index (χ4v) is 6.27. The molecule has 0 aromatic carbocycles. The third-order valence-electron chi connectivity index (χ3n) is 4.59. The first kappa shape index (κ1) is 20.0. The minimum Gasteiger partial charge on any atom is -0.401 e. The van der Waals surface area contributed by atoms with Crippen LogP contribution in [-0.2, 0) is 21.9 Å². The number of aromatic nitrogens is 4. The van der Waals surface area contributed by atoms with Gasteiger partial charge in [-0.15, -0.1) is 16.4 Å². The third kappa shape index (κ3) is 4.06. The van der Waals surface area contributed by atoms with Crippen molar-refractivity contribution in [1.29, 1.82) is 0 Å². The smallest absolute Gasteiger partial charge is 0.322 e. The van der Waals surface area contributed by atoms with Gasteiger partial charge in [0, 0.05) is 26.3 Å². The first-order chi connectivity index (χ1) is 13.8. The summed E-state index contributed by atoms with van der Waals surface area (Å²) in [4.78, 5) is 12.6. The zero-order valence-electron chi connectivity index (χ0n) is 15.3. The molecule has 1 aliphatic heterocycles. The topological polar surface area (TPSA) is 123 Å². The zero-order valence-corrected chi connectivity index (χ0v) is 17.7. The number of halogens is 1. The molecule has 10 nitrogen and oxygen atoms in total. The van der Waals surface area contributed by atoms with E-state index >= 15 is 0 Å². The van der Waals surface area contributed by atoms with Crippen LogP contribution < -0.4 is 5.32 Å². The van der Waals surface area contributed by atoms with Gasteiger partial charge in [-0.3, -0.25) is 14.8 Å². The quantitative estimate of drug-likeness (QED) is 0.624. The van der Waals surface area contributed by atoms with Crippen LogP contribution in [0.15, 0.2) is 33.0 Å². The molecule has 4 heterocycles. The van der Waals surface area contributed by atoms with E-state index < -0.39 is 15.9 Å². The van der Waals surface area contributed by atoms with E-state index in [4.69, 9.17) is 16.0 Å². The lowest BCUT2D eigenvalue weighted by atomic mass is 9.99. The maximum absolute atomic E-state index is 12.8. The molecule has 0 radical (unpaired) electrons. The highest BCUT2D eigenvalue weighted by Gasteiger charge is 2.34. The Morgan fingerprint density at radius 1 is 1.34 bits per heavy atom. The van der Waals surface area contributed by atoms with Gasteiger partial charge in [-0.25, -0.2) is 8.42 Å². The highest BCUT2D eigenvalue weighted by Crippen LogP contribution is 2.31. The molecule has 1 amide bonds. The Morgan fingerprint density at radius 3 is 2.86 bits per heavy atom. The summed E-state index contributed by atoms with van der Waals surface area (Å²) in [5.41, 5.74) is 0.613. The van der Waals surface area contributed by atoms with Crippen LogP contribution in [0.1, 0.15) is 12.8 Å². The average molecular weight is 457 g/mol. The lowest BCUT2D eigenvalue weighted by Crippen LogP contribution is -2.43. The standard InChI is InChI=1S/C16H17ClN6O4S2/c1-22-11(6-7-18-22)15-20-21-16(27-15)19-14(24)10-3-2-8-23(9-10)29(25,26)13-5-4-12(17)28-13/h4-7,10H,2-3,8-9H2,1H3,(H,19,21,24). The predicted molar refractivity (Wildman–Crippen MR) is 106 cm³/mol. The van der Waals surface area contributed by atoms with Gasteiger partial charge in [0.05, 0.1) is 10.3 Å². The molecule has 29 heavy (non-hydrogen) atoms. The number of amides is 1. The van der Waals surface area contributed by atoms with Crippen LogP contribution in [0, 0.1) is 5.92 Å². The number of hydrogen-bond donors (Lipinski definition) is 1. The summed E-state index contributed by atoms with van der Waals surface area (Å²) >= 11 is 6.86. The fourth-order valence-electron chi connectivity index (χ4n) is 3.11. The number of thiophene rings is 1. The fraction of sp³-hybridized carbons (Fsp3) is 0.375. The summed E-state index contributed by atoms with van der Waals surface area (Å²) in [6.45, 7) is 0.430. The highest BCUT2D eigenvalue weighted by molar-refractivity contribution is 7.91. The van der Waals surface area contributed by atoms with Crippen LogP contribution >= 0.6 is 22.9 Å². The number of anilines is 1. The number of nitrogens with one attached hydrogen (secondary N) is 1. The van der Waals surface area contributed by atoms with E-state index in [0.717, 1.165) is 11.3 Å². The maximum atomic E-state index is 12.8. The van der Waals surface area contributed by atoms with Crippen molar-refractivity contribution < 1.29 is 17.6 Å². The SMILES string of the molecule is Cn1nccc1-c1nnc(NC(=O)C2CCCN(S(=O)(=O)c3ccc(Cl)s3)C2)o1. The van der Waals surface area contributed by atoms with Crippen molar-refractivity contribution in [2.75, 3.05) is 18.4 Å². The van der Waals surface area contributed by atoms with Crippen LogP contribution in [0.4, 0.5) is 6.01 Å². The van der Waals surface area contributed by atoms with E-state index in [1.54, 1.807) is 30.1 Å². The molecule has 1 saturated heterocycles. The Bertz CT molecular complexity index is 1140. The minimum absolute atomic E-state index is 0.0452. The van der Waals surface area contributed by atoms with E-state index in [1.165, 1.54) is 10.4 Å². The molecule has 3 aromatic rings. The van der Waals surface area contributed by atoms with Crippen molar-refractivity contribution in [2.24, 2.45) is 13.0 Å². The molecule has 0 aliphatic carbocycles. The van der Waals surface area contributed by atoms with Gasteiger partial charge in [0.1, 0.15) is 9.90 Å². The lowest BCUT2D eigenvalue weighted by molar-refractivity contribution is -0.121. The molecule has 1 aliphatic rings. The molecule has 1 atom stereocenters. The van der Waals surface area contributed by atoms with Gasteiger partial charge in [0.15, 0.2) is 0 Å². The van der Waals surface area contributed by atoms with Gasteiger partial charge in [0.25, 0.3) is 15.9 Å². The second-order valence-electron chi connectivity index (χ2n) is 6.50. The Balaban J connectivity index is 1.44. The first-order valence-corrected chi connectivity index (χ1v) is 11.4. The third-order valence-corrected chi connectivity index (χ3v) is 8.16. The van der Waals surface area contributed by atoms with Crippen molar-refractivity contribution in [3.05, 3.63) is 28.7 Å². The molecular formula is C16H17ClN6O4S2. The number of piperidine rings is 1. The summed E-state index contributed by atoms with van der Waals surface area (Å²) in [7, 11) is -1.95. The van der Waals surface area contributed by atoms with E-state index in [1.807, 2.05) is 0 Å². The molecule has 1 fully saturated rings. The molecular weight excluding hydrogens is 440 g/mol. The molecule has 13 heteroatoms. The minimum atomic E-state index is -3.68. The molecule has 1 unspecified atom stereocenters. The first-order valence-electron chi connectivity index (χ1n) is 8.73. The Labute approximate surface area is 175 Å². The summed E-state index contributed by atoms with van der Waals surface area (Å²) < 4.78 is 34.5. The van der Waals surface area contributed by atoms with Crippen LogP contribution in [0.2, 0.25) is 4.34 Å². The summed E-state index contributed by atoms with van der Waals surface area (Å²) in [6.07, 6.45) is 2.72. The normalized spacial score (nSPS) is 18.1. The Morgan fingerprint density at radius 2 is 2.17 bits per heavy atom. The second kappa shape index (κ2) is 7.86. The predicted octanol–water partition coefficient (Wildman–Crippen LogP) is 2.22. The summed E-state index contributed by atoms with van der Waals surface area (Å²) in [5, 5.41) is 14.3. The van der Waals surface area contributed by atoms with E-state index in [0.29, 0.717) is 29.4 Å². The maximum Gasteiger partial charge on any atom is 0.322 e. The van der Waals surface area contributed by atoms with Gasteiger partial charge in [-0.05, 0) is 31.0 Å². The molecule has 1 N–H and O–H groups in total. The van der Waals surface area contributed by atoms with E-state index in [-0.39, 0.29) is 28.6 Å². The van der Waals surface area contributed by atoms with Crippen LogP contribution in [0.3, 0.4) is 0 Å². The molecule has 4 rings (SSSR count). The number of sulfonamides is 1. The number of aryl methyl sites for hydroxylation is 1. The molecule has 3 aromatic heterocycles. The number of hydrogen-bond acceptors (Lipinski definition) is 8. The van der Waals surface area contributed by atoms with E-state index in [9.17, 15) is 13.2 Å². The number of rotatable bonds is 5. The second-order valence-corrected chi connectivity index (χ2v) is 10.4. The molecule has 0 bridgehead atoms. The van der Waals surface area contributed by atoms with Gasteiger partial charge in [0.2, 0.25) is 5.91 Å². The van der Waals surface area contributed by atoms with Crippen LogP contribution in [0.5, 0.6) is 0 Å².